The second kappa shape index (κ2) is 14.9. The van der Waals surface area contributed by atoms with Gasteiger partial charge < -0.3 is 9.84 Å². The fraction of sp³-hybridized carbons (Fsp3) is 1.00. The first-order chi connectivity index (χ1) is 12.2. The molecule has 1 unspecified atom stereocenters. The average Bonchev–Trinajstić information content (AvgIpc) is 2.53. The Hall–Kier alpha value is -0.0800. The Morgan fingerprint density at radius 1 is 0.769 bits per heavy atom. The first kappa shape index (κ1) is 25.9. The van der Waals surface area contributed by atoms with Gasteiger partial charge in [-0.1, -0.05) is 90.9 Å². The van der Waals surface area contributed by atoms with Crippen molar-refractivity contribution in [3.8, 4) is 0 Å². The van der Waals surface area contributed by atoms with Crippen molar-refractivity contribution in [1.82, 2.24) is 0 Å². The summed E-state index contributed by atoms with van der Waals surface area (Å²) in [6.45, 7) is 13.4. The van der Waals surface area contributed by atoms with Gasteiger partial charge in [-0.2, -0.15) is 0 Å². The molecule has 0 rings (SSSR count). The maximum atomic E-state index is 9.82. The van der Waals surface area contributed by atoms with E-state index < -0.39 is 5.60 Å². The second-order valence-corrected chi connectivity index (χ2v) is 9.62. The molecule has 0 heterocycles. The van der Waals surface area contributed by atoms with E-state index in [1.54, 1.807) is 0 Å². The van der Waals surface area contributed by atoms with Crippen LogP contribution in [0.15, 0.2) is 0 Å². The van der Waals surface area contributed by atoms with Gasteiger partial charge in [0.2, 0.25) is 0 Å². The van der Waals surface area contributed by atoms with Crippen LogP contribution in [-0.4, -0.2) is 22.9 Å². The second-order valence-electron chi connectivity index (χ2n) is 9.62. The van der Waals surface area contributed by atoms with E-state index in [1.165, 1.54) is 77.0 Å². The summed E-state index contributed by atoms with van der Waals surface area (Å²) in [6.07, 6.45) is 18.5. The SMILES string of the molecule is CCCCCCCCCCCCC(CC)CC(C)(C)OCCC(C)(C)O. The van der Waals surface area contributed by atoms with Crippen molar-refractivity contribution in [3.05, 3.63) is 0 Å². The van der Waals surface area contributed by atoms with Gasteiger partial charge in [0, 0.05) is 0 Å². The number of aliphatic hydroxyl groups is 1. The van der Waals surface area contributed by atoms with Crippen LogP contribution in [0.25, 0.3) is 0 Å². The molecular weight excluding hydrogens is 320 g/mol. The molecule has 1 N–H and O–H groups in total. The number of ether oxygens (including phenoxy) is 1. The molecule has 0 aromatic carbocycles. The Kier molecular flexibility index (Phi) is 14.9. The van der Waals surface area contributed by atoms with Gasteiger partial charge in [-0.3, -0.25) is 0 Å². The van der Waals surface area contributed by atoms with Gasteiger partial charge in [0.15, 0.2) is 0 Å². The minimum Gasteiger partial charge on any atom is -0.390 e. The smallest absolute Gasteiger partial charge is 0.0629 e. The number of hydrogen-bond donors (Lipinski definition) is 1. The maximum absolute atomic E-state index is 9.82. The van der Waals surface area contributed by atoms with Crippen molar-refractivity contribution in [2.24, 2.45) is 5.92 Å². The van der Waals surface area contributed by atoms with Crippen molar-refractivity contribution in [3.63, 3.8) is 0 Å². The molecule has 0 aliphatic carbocycles. The number of hydrogen-bond acceptors (Lipinski definition) is 2. The topological polar surface area (TPSA) is 29.5 Å². The summed E-state index contributed by atoms with van der Waals surface area (Å²) in [5, 5.41) is 9.82. The van der Waals surface area contributed by atoms with Gasteiger partial charge >= 0.3 is 0 Å². The zero-order chi connectivity index (χ0) is 19.9. The molecule has 0 aliphatic heterocycles. The summed E-state index contributed by atoms with van der Waals surface area (Å²) in [7, 11) is 0. The van der Waals surface area contributed by atoms with Crippen molar-refractivity contribution in [2.75, 3.05) is 6.61 Å². The van der Waals surface area contributed by atoms with Crippen molar-refractivity contribution < 1.29 is 9.84 Å². The van der Waals surface area contributed by atoms with E-state index in [0.717, 1.165) is 12.3 Å². The zero-order valence-electron chi connectivity index (χ0n) is 19.0. The van der Waals surface area contributed by atoms with Crippen LogP contribution in [0.1, 0.15) is 131 Å². The van der Waals surface area contributed by atoms with Crippen LogP contribution < -0.4 is 0 Å². The number of unbranched alkanes of at least 4 members (excludes halogenated alkanes) is 9. The third kappa shape index (κ3) is 17.3. The largest absolute Gasteiger partial charge is 0.390 e. The molecule has 2 nitrogen and oxygen atoms in total. The lowest BCUT2D eigenvalue weighted by atomic mass is 9.87. The van der Waals surface area contributed by atoms with Gasteiger partial charge in [0.25, 0.3) is 0 Å². The molecule has 26 heavy (non-hydrogen) atoms. The fourth-order valence-corrected chi connectivity index (χ4v) is 3.70. The Balaban J connectivity index is 3.74. The zero-order valence-corrected chi connectivity index (χ0v) is 19.0. The maximum Gasteiger partial charge on any atom is 0.0629 e. The molecule has 0 aliphatic rings. The van der Waals surface area contributed by atoms with Gasteiger partial charge in [-0.05, 0) is 46.5 Å². The minimum atomic E-state index is -0.629. The first-order valence-electron chi connectivity index (χ1n) is 11.6. The molecule has 158 valence electrons. The molecule has 0 spiro atoms. The molecule has 1 atom stereocenters. The Morgan fingerprint density at radius 3 is 1.73 bits per heavy atom. The lowest BCUT2D eigenvalue weighted by Gasteiger charge is -2.31. The van der Waals surface area contributed by atoms with Crippen LogP contribution in [-0.2, 0) is 4.74 Å². The fourth-order valence-electron chi connectivity index (χ4n) is 3.70. The van der Waals surface area contributed by atoms with Crippen LogP contribution in [0.3, 0.4) is 0 Å². The summed E-state index contributed by atoms with van der Waals surface area (Å²) in [5.41, 5.74) is -0.708. The summed E-state index contributed by atoms with van der Waals surface area (Å²) in [5.74, 6) is 0.765. The highest BCUT2D eigenvalue weighted by Crippen LogP contribution is 2.27. The van der Waals surface area contributed by atoms with Crippen LogP contribution in [0.4, 0.5) is 0 Å². The molecule has 0 saturated heterocycles. The number of rotatable bonds is 18. The van der Waals surface area contributed by atoms with Gasteiger partial charge in [-0.25, -0.2) is 0 Å². The molecule has 0 aromatic rings. The molecule has 0 saturated carbocycles. The average molecular weight is 371 g/mol. The Labute approximate surface area is 165 Å². The van der Waals surface area contributed by atoms with Crippen LogP contribution in [0.2, 0.25) is 0 Å². The van der Waals surface area contributed by atoms with Gasteiger partial charge in [-0.15, -0.1) is 0 Å². The van der Waals surface area contributed by atoms with Gasteiger partial charge in [0.1, 0.15) is 0 Å². The molecule has 0 bridgehead atoms. The van der Waals surface area contributed by atoms with E-state index in [9.17, 15) is 5.11 Å². The Bertz CT molecular complexity index is 304. The van der Waals surface area contributed by atoms with Crippen LogP contribution >= 0.6 is 0 Å². The van der Waals surface area contributed by atoms with Crippen LogP contribution in [0, 0.1) is 5.92 Å². The van der Waals surface area contributed by atoms with E-state index in [1.807, 2.05) is 13.8 Å². The summed E-state index contributed by atoms with van der Waals surface area (Å²) >= 11 is 0. The Morgan fingerprint density at radius 2 is 1.27 bits per heavy atom. The third-order valence-electron chi connectivity index (χ3n) is 5.53. The summed E-state index contributed by atoms with van der Waals surface area (Å²) in [6, 6.07) is 0. The highest BCUT2D eigenvalue weighted by Gasteiger charge is 2.24. The normalized spacial score (nSPS) is 14.0. The first-order valence-corrected chi connectivity index (χ1v) is 11.6. The van der Waals surface area contributed by atoms with E-state index in [0.29, 0.717) is 13.0 Å². The monoisotopic (exact) mass is 370 g/mol. The summed E-state index contributed by atoms with van der Waals surface area (Å²) < 4.78 is 6.08. The van der Waals surface area contributed by atoms with E-state index in [2.05, 4.69) is 27.7 Å². The van der Waals surface area contributed by atoms with Crippen LogP contribution in [0.5, 0.6) is 0 Å². The molecule has 0 fully saturated rings. The predicted molar refractivity (Wildman–Crippen MR) is 116 cm³/mol. The molecule has 0 radical (unpaired) electrons. The molecular formula is C24H50O2. The van der Waals surface area contributed by atoms with Crippen molar-refractivity contribution in [1.29, 1.82) is 0 Å². The van der Waals surface area contributed by atoms with E-state index in [4.69, 9.17) is 4.74 Å². The highest BCUT2D eigenvalue weighted by atomic mass is 16.5. The lowest BCUT2D eigenvalue weighted by Crippen LogP contribution is -2.31. The van der Waals surface area contributed by atoms with E-state index >= 15 is 0 Å². The summed E-state index contributed by atoms with van der Waals surface area (Å²) in [4.78, 5) is 0. The van der Waals surface area contributed by atoms with Gasteiger partial charge in [0.05, 0.1) is 17.8 Å². The molecule has 0 aromatic heterocycles. The third-order valence-corrected chi connectivity index (χ3v) is 5.53. The van der Waals surface area contributed by atoms with Crippen molar-refractivity contribution in [2.45, 2.75) is 143 Å². The predicted octanol–water partition coefficient (Wildman–Crippen LogP) is 7.67. The minimum absolute atomic E-state index is 0.0790. The van der Waals surface area contributed by atoms with E-state index in [-0.39, 0.29) is 5.60 Å². The quantitative estimate of drug-likeness (QED) is 0.251. The van der Waals surface area contributed by atoms with Crippen molar-refractivity contribution >= 4 is 0 Å². The molecule has 0 amide bonds. The lowest BCUT2D eigenvalue weighted by molar-refractivity contribution is -0.0583. The molecule has 2 heteroatoms. The highest BCUT2D eigenvalue weighted by molar-refractivity contribution is 4.75. The standard InChI is InChI=1S/C24H50O2/c1-7-9-10-11-12-13-14-15-16-17-18-22(8-2)21-24(5,6)26-20-19-23(3,4)25/h22,25H,7-21H2,1-6H3.